The summed E-state index contributed by atoms with van der Waals surface area (Å²) < 4.78 is 24.4. The Morgan fingerprint density at radius 2 is 2.00 bits per heavy atom. The van der Waals surface area contributed by atoms with E-state index in [9.17, 15) is 8.42 Å². The Labute approximate surface area is 129 Å². The summed E-state index contributed by atoms with van der Waals surface area (Å²) in [7, 11) is -3.32. The molecule has 2 aromatic rings. The van der Waals surface area contributed by atoms with Crippen LogP contribution in [0.3, 0.4) is 0 Å². The Kier molecular flexibility index (Phi) is 5.12. The predicted octanol–water partition coefficient (Wildman–Crippen LogP) is 2.74. The predicted molar refractivity (Wildman–Crippen MR) is 83.9 cm³/mol. The Bertz CT molecular complexity index is 714. The lowest BCUT2D eigenvalue weighted by molar-refractivity contribution is 0.575. The number of nitriles is 1. The molecule has 0 aliphatic carbocycles. The molecule has 0 amide bonds. The first-order chi connectivity index (χ1) is 10.0. The summed E-state index contributed by atoms with van der Waals surface area (Å²) in [4.78, 5) is 1.44. The lowest BCUT2D eigenvalue weighted by Gasteiger charge is -2.12. The van der Waals surface area contributed by atoms with E-state index < -0.39 is 9.84 Å². The highest BCUT2D eigenvalue weighted by Crippen LogP contribution is 2.18. The van der Waals surface area contributed by atoms with Gasteiger partial charge in [-0.05, 0) is 42.6 Å². The summed E-state index contributed by atoms with van der Waals surface area (Å²) in [5, 5.41) is 13.9. The van der Waals surface area contributed by atoms with Crippen LogP contribution in [-0.4, -0.2) is 20.7 Å². The Morgan fingerprint density at radius 3 is 2.57 bits per heavy atom. The van der Waals surface area contributed by atoms with Crippen molar-refractivity contribution in [2.24, 2.45) is 0 Å². The van der Waals surface area contributed by atoms with Crippen LogP contribution >= 0.6 is 11.3 Å². The molecule has 21 heavy (non-hydrogen) atoms. The molecule has 2 rings (SSSR count). The summed E-state index contributed by atoms with van der Waals surface area (Å²) in [6.07, 6.45) is 0. The van der Waals surface area contributed by atoms with Crippen LogP contribution in [0.25, 0.3) is 0 Å². The third-order valence-electron chi connectivity index (χ3n) is 3.13. The molecule has 0 spiro atoms. The lowest BCUT2D eigenvalue weighted by Crippen LogP contribution is -2.25. The van der Waals surface area contributed by atoms with E-state index in [2.05, 4.69) is 5.32 Å². The second-order valence-corrected chi connectivity index (χ2v) is 7.73. The summed E-state index contributed by atoms with van der Waals surface area (Å²) >= 11 is 1.65. The van der Waals surface area contributed by atoms with Gasteiger partial charge in [0.05, 0.1) is 22.3 Å². The van der Waals surface area contributed by atoms with E-state index >= 15 is 0 Å². The monoisotopic (exact) mass is 320 g/mol. The van der Waals surface area contributed by atoms with E-state index in [1.54, 1.807) is 11.3 Å². The van der Waals surface area contributed by atoms with E-state index in [0.29, 0.717) is 12.1 Å². The molecule has 0 fully saturated rings. The van der Waals surface area contributed by atoms with Gasteiger partial charge in [0.2, 0.25) is 0 Å². The summed E-state index contributed by atoms with van der Waals surface area (Å²) in [6.45, 7) is 2.40. The van der Waals surface area contributed by atoms with Crippen LogP contribution < -0.4 is 5.32 Å². The van der Waals surface area contributed by atoms with Gasteiger partial charge in [0, 0.05) is 17.5 Å². The van der Waals surface area contributed by atoms with Crippen molar-refractivity contribution in [2.75, 3.05) is 12.3 Å². The SMILES string of the molecule is C[C@@H](NCCS(=O)(=O)c1ccc(C#N)cc1)c1cccs1. The highest BCUT2D eigenvalue weighted by molar-refractivity contribution is 7.91. The third kappa shape index (κ3) is 4.14. The number of nitrogens with zero attached hydrogens (tertiary/aromatic N) is 1. The zero-order valence-electron chi connectivity index (χ0n) is 11.6. The van der Waals surface area contributed by atoms with E-state index in [4.69, 9.17) is 5.26 Å². The fraction of sp³-hybridized carbons (Fsp3) is 0.267. The van der Waals surface area contributed by atoms with Gasteiger partial charge in [-0.25, -0.2) is 8.42 Å². The smallest absolute Gasteiger partial charge is 0.179 e. The minimum atomic E-state index is -3.32. The second-order valence-electron chi connectivity index (χ2n) is 4.65. The van der Waals surface area contributed by atoms with Crippen molar-refractivity contribution in [1.82, 2.24) is 5.32 Å². The summed E-state index contributed by atoms with van der Waals surface area (Å²) in [5.74, 6) is 0.0363. The Hall–Kier alpha value is -1.68. The molecule has 1 heterocycles. The number of thiophene rings is 1. The van der Waals surface area contributed by atoms with Crippen molar-refractivity contribution in [3.8, 4) is 6.07 Å². The first-order valence-corrected chi connectivity index (χ1v) is 9.06. The van der Waals surface area contributed by atoms with Gasteiger partial charge in [0.25, 0.3) is 0 Å². The van der Waals surface area contributed by atoms with Gasteiger partial charge in [-0.3, -0.25) is 0 Å². The van der Waals surface area contributed by atoms with Gasteiger partial charge in [-0.1, -0.05) is 6.07 Å². The van der Waals surface area contributed by atoms with Crippen LogP contribution in [0.5, 0.6) is 0 Å². The van der Waals surface area contributed by atoms with Gasteiger partial charge >= 0.3 is 0 Å². The van der Waals surface area contributed by atoms with E-state index in [1.165, 1.54) is 29.1 Å². The van der Waals surface area contributed by atoms with Crippen molar-refractivity contribution in [2.45, 2.75) is 17.9 Å². The molecule has 1 aromatic carbocycles. The molecule has 0 bridgehead atoms. The van der Waals surface area contributed by atoms with E-state index in [1.807, 2.05) is 30.5 Å². The maximum atomic E-state index is 12.2. The van der Waals surface area contributed by atoms with Gasteiger partial charge in [0.15, 0.2) is 9.84 Å². The second kappa shape index (κ2) is 6.85. The fourth-order valence-corrected chi connectivity index (χ4v) is 3.83. The van der Waals surface area contributed by atoms with Crippen LogP contribution in [0.4, 0.5) is 0 Å². The highest BCUT2D eigenvalue weighted by Gasteiger charge is 2.15. The van der Waals surface area contributed by atoms with Crippen LogP contribution in [0.1, 0.15) is 23.4 Å². The Morgan fingerprint density at radius 1 is 1.29 bits per heavy atom. The number of sulfone groups is 1. The fourth-order valence-electron chi connectivity index (χ4n) is 1.90. The molecule has 4 nitrogen and oxygen atoms in total. The first-order valence-electron chi connectivity index (χ1n) is 6.52. The molecule has 0 unspecified atom stereocenters. The van der Waals surface area contributed by atoms with Crippen molar-refractivity contribution in [3.05, 3.63) is 52.2 Å². The molecule has 110 valence electrons. The lowest BCUT2D eigenvalue weighted by atomic mass is 10.2. The molecular formula is C15H16N2O2S2. The van der Waals surface area contributed by atoms with Crippen molar-refractivity contribution in [3.63, 3.8) is 0 Å². The number of rotatable bonds is 6. The topological polar surface area (TPSA) is 70.0 Å². The zero-order chi connectivity index (χ0) is 15.3. The van der Waals surface area contributed by atoms with Crippen LogP contribution in [0, 0.1) is 11.3 Å². The van der Waals surface area contributed by atoms with Crippen LogP contribution in [0.15, 0.2) is 46.7 Å². The van der Waals surface area contributed by atoms with Crippen molar-refractivity contribution < 1.29 is 8.42 Å². The number of hydrogen-bond acceptors (Lipinski definition) is 5. The molecule has 0 aliphatic heterocycles. The average Bonchev–Trinajstić information content (AvgIpc) is 3.01. The zero-order valence-corrected chi connectivity index (χ0v) is 13.2. The molecule has 1 aromatic heterocycles. The molecule has 1 N–H and O–H groups in total. The van der Waals surface area contributed by atoms with Crippen LogP contribution in [0.2, 0.25) is 0 Å². The minimum Gasteiger partial charge on any atom is -0.308 e. The number of nitrogens with one attached hydrogen (secondary N) is 1. The van der Waals surface area contributed by atoms with Gasteiger partial charge in [-0.2, -0.15) is 5.26 Å². The third-order valence-corrected chi connectivity index (χ3v) is 5.92. The van der Waals surface area contributed by atoms with E-state index in [-0.39, 0.29) is 16.7 Å². The molecule has 0 saturated carbocycles. The van der Waals surface area contributed by atoms with Crippen molar-refractivity contribution >= 4 is 21.2 Å². The molecule has 0 radical (unpaired) electrons. The van der Waals surface area contributed by atoms with Crippen LogP contribution in [-0.2, 0) is 9.84 Å². The summed E-state index contributed by atoms with van der Waals surface area (Å²) in [6, 6.07) is 12.1. The quantitative estimate of drug-likeness (QED) is 0.888. The van der Waals surface area contributed by atoms with E-state index in [0.717, 1.165) is 0 Å². The normalized spacial score (nSPS) is 12.8. The van der Waals surface area contributed by atoms with Crippen molar-refractivity contribution in [1.29, 1.82) is 5.26 Å². The first kappa shape index (κ1) is 15.7. The average molecular weight is 320 g/mol. The molecule has 6 heteroatoms. The minimum absolute atomic E-state index is 0.0363. The van der Waals surface area contributed by atoms with Gasteiger partial charge in [0.1, 0.15) is 0 Å². The summed E-state index contributed by atoms with van der Waals surface area (Å²) in [5.41, 5.74) is 0.457. The highest BCUT2D eigenvalue weighted by atomic mass is 32.2. The molecule has 0 saturated heterocycles. The number of benzene rings is 1. The molecular weight excluding hydrogens is 304 g/mol. The molecule has 0 aliphatic rings. The van der Waals surface area contributed by atoms with Gasteiger partial charge in [-0.15, -0.1) is 11.3 Å². The Balaban J connectivity index is 1.93. The van der Waals surface area contributed by atoms with Gasteiger partial charge < -0.3 is 5.32 Å². The molecule has 1 atom stereocenters. The maximum absolute atomic E-state index is 12.2. The maximum Gasteiger partial charge on any atom is 0.179 e. The largest absolute Gasteiger partial charge is 0.308 e. The number of hydrogen-bond donors (Lipinski definition) is 1. The standard InChI is InChI=1S/C15H16N2O2S2/c1-12(15-3-2-9-20-15)17-8-10-21(18,19)14-6-4-13(11-16)5-7-14/h2-7,9,12,17H,8,10H2,1H3/t12-/m1/s1.